The number of piperazine rings is 1. The predicted octanol–water partition coefficient (Wildman–Crippen LogP) is 0.0802. The first-order chi connectivity index (χ1) is 8.61. The second kappa shape index (κ2) is 3.95. The molecule has 1 heterocycles. The van der Waals surface area contributed by atoms with E-state index in [-0.39, 0.29) is 11.8 Å². The zero-order valence-electron chi connectivity index (χ0n) is 11.7. The molecule has 0 aromatic rings. The third-order valence-electron chi connectivity index (χ3n) is 4.48. The minimum absolute atomic E-state index is 0.197. The van der Waals surface area contributed by atoms with Gasteiger partial charge in [-0.2, -0.15) is 0 Å². The molecule has 0 aromatic carbocycles. The van der Waals surface area contributed by atoms with E-state index in [4.69, 9.17) is 5.11 Å². The summed E-state index contributed by atoms with van der Waals surface area (Å²) in [5, 5.41) is 11.9. The van der Waals surface area contributed by atoms with Crippen molar-refractivity contribution < 1.29 is 19.5 Å². The van der Waals surface area contributed by atoms with Crippen molar-refractivity contribution >= 4 is 17.8 Å². The molecule has 2 rings (SSSR count). The normalized spacial score (nSPS) is 31.6. The third kappa shape index (κ3) is 1.89. The van der Waals surface area contributed by atoms with Gasteiger partial charge in [0.2, 0.25) is 11.8 Å². The summed E-state index contributed by atoms with van der Waals surface area (Å²) in [4.78, 5) is 37.0. The quantitative estimate of drug-likeness (QED) is 0.742. The van der Waals surface area contributed by atoms with Crippen molar-refractivity contribution in [2.24, 2.45) is 17.3 Å². The van der Waals surface area contributed by atoms with E-state index in [9.17, 15) is 14.4 Å². The van der Waals surface area contributed by atoms with Gasteiger partial charge in [-0.3, -0.25) is 14.4 Å². The molecule has 2 N–H and O–H groups in total. The molecule has 0 bridgehead atoms. The van der Waals surface area contributed by atoms with Crippen molar-refractivity contribution in [1.29, 1.82) is 0 Å². The number of carboxylic acids is 1. The second-order valence-electron chi connectivity index (χ2n) is 6.42. The van der Waals surface area contributed by atoms with Crippen molar-refractivity contribution in [3.63, 3.8) is 0 Å². The number of carbonyl (C=O) groups is 3. The molecule has 0 aromatic heterocycles. The molecule has 2 fully saturated rings. The highest BCUT2D eigenvalue weighted by atomic mass is 16.4. The van der Waals surface area contributed by atoms with E-state index in [1.54, 1.807) is 27.7 Å². The first kappa shape index (κ1) is 13.8. The maximum atomic E-state index is 12.5. The average Bonchev–Trinajstić information content (AvgIpc) is 2.85. The lowest BCUT2D eigenvalue weighted by Crippen LogP contribution is -2.63. The average molecular weight is 268 g/mol. The van der Waals surface area contributed by atoms with Crippen LogP contribution < -0.4 is 5.32 Å². The highest BCUT2D eigenvalue weighted by Gasteiger charge is 2.67. The van der Waals surface area contributed by atoms with Crippen molar-refractivity contribution in [1.82, 2.24) is 10.2 Å². The van der Waals surface area contributed by atoms with E-state index in [1.807, 2.05) is 0 Å². The van der Waals surface area contributed by atoms with Gasteiger partial charge in [-0.1, -0.05) is 13.8 Å². The van der Waals surface area contributed by atoms with Crippen molar-refractivity contribution in [3.8, 4) is 0 Å². The van der Waals surface area contributed by atoms with Gasteiger partial charge in [-0.15, -0.1) is 0 Å². The van der Waals surface area contributed by atoms with Crippen LogP contribution in [0, 0.1) is 17.3 Å². The summed E-state index contributed by atoms with van der Waals surface area (Å²) < 4.78 is 0. The van der Waals surface area contributed by atoms with Crippen molar-refractivity contribution in [3.05, 3.63) is 0 Å². The molecule has 1 saturated heterocycles. The fourth-order valence-electron chi connectivity index (χ4n) is 3.01. The standard InChI is InChI=1S/C13H20N2O4/c1-12(2)7(8(12)10(17)18)9(16)15-6-5-14-11(19)13(15,3)4/h7-8H,5-6H2,1-4H3,(H,14,19)(H,17,18)/t7-,8+/m1/s1. The Kier molecular flexibility index (Phi) is 2.88. The van der Waals surface area contributed by atoms with Crippen molar-refractivity contribution in [2.45, 2.75) is 33.2 Å². The van der Waals surface area contributed by atoms with E-state index in [0.29, 0.717) is 13.1 Å². The molecule has 6 heteroatoms. The Morgan fingerprint density at radius 2 is 1.84 bits per heavy atom. The number of rotatable bonds is 2. The fourth-order valence-corrected chi connectivity index (χ4v) is 3.01. The lowest BCUT2D eigenvalue weighted by Gasteiger charge is -2.41. The molecular weight excluding hydrogens is 248 g/mol. The number of nitrogens with zero attached hydrogens (tertiary/aromatic N) is 1. The molecule has 19 heavy (non-hydrogen) atoms. The highest BCUT2D eigenvalue weighted by molar-refractivity contribution is 5.96. The molecule has 0 radical (unpaired) electrons. The number of carbonyl (C=O) groups excluding carboxylic acids is 2. The van der Waals surface area contributed by atoms with E-state index in [1.165, 1.54) is 4.90 Å². The molecule has 2 aliphatic rings. The summed E-state index contributed by atoms with van der Waals surface area (Å²) in [7, 11) is 0. The molecular formula is C13H20N2O4. The maximum Gasteiger partial charge on any atom is 0.307 e. The van der Waals surface area contributed by atoms with Crippen molar-refractivity contribution in [2.75, 3.05) is 13.1 Å². The Bertz CT molecular complexity index is 456. The van der Waals surface area contributed by atoms with Gasteiger partial charge >= 0.3 is 5.97 Å². The third-order valence-corrected chi connectivity index (χ3v) is 4.48. The Labute approximate surface area is 112 Å². The van der Waals surface area contributed by atoms with E-state index in [0.717, 1.165) is 0 Å². The van der Waals surface area contributed by atoms with Crippen LogP contribution in [0.2, 0.25) is 0 Å². The number of nitrogens with one attached hydrogen (secondary N) is 1. The fraction of sp³-hybridized carbons (Fsp3) is 0.769. The van der Waals surface area contributed by atoms with E-state index in [2.05, 4.69) is 5.32 Å². The largest absolute Gasteiger partial charge is 0.481 e. The van der Waals surface area contributed by atoms with E-state index >= 15 is 0 Å². The van der Waals surface area contributed by atoms with Gasteiger partial charge in [-0.25, -0.2) is 0 Å². The van der Waals surface area contributed by atoms with Crippen LogP contribution in [-0.2, 0) is 14.4 Å². The number of amides is 2. The second-order valence-corrected chi connectivity index (χ2v) is 6.42. The van der Waals surface area contributed by atoms with Crippen LogP contribution in [0.15, 0.2) is 0 Å². The maximum absolute atomic E-state index is 12.5. The summed E-state index contributed by atoms with van der Waals surface area (Å²) in [6.07, 6.45) is 0. The van der Waals surface area contributed by atoms with Crippen LogP contribution in [-0.4, -0.2) is 46.4 Å². The van der Waals surface area contributed by atoms with Crippen LogP contribution in [0.5, 0.6) is 0 Å². The van der Waals surface area contributed by atoms with Gasteiger partial charge in [0.1, 0.15) is 5.54 Å². The summed E-state index contributed by atoms with van der Waals surface area (Å²) in [5.74, 6) is -2.55. The summed E-state index contributed by atoms with van der Waals surface area (Å²) >= 11 is 0. The number of hydrogen-bond acceptors (Lipinski definition) is 3. The van der Waals surface area contributed by atoms with Crippen LogP contribution in [0.25, 0.3) is 0 Å². The molecule has 0 unspecified atom stereocenters. The highest BCUT2D eigenvalue weighted by Crippen LogP contribution is 2.59. The number of carboxylic acid groups (broad SMARTS) is 1. The summed E-state index contributed by atoms with van der Waals surface area (Å²) in [6, 6.07) is 0. The zero-order valence-corrected chi connectivity index (χ0v) is 11.7. The molecule has 1 aliphatic heterocycles. The molecule has 6 nitrogen and oxygen atoms in total. The molecule has 2 atom stereocenters. The lowest BCUT2D eigenvalue weighted by molar-refractivity contribution is -0.151. The molecule has 0 spiro atoms. The van der Waals surface area contributed by atoms with Gasteiger partial charge in [0.25, 0.3) is 0 Å². The summed E-state index contributed by atoms with van der Waals surface area (Å²) in [5.41, 5.74) is -1.45. The lowest BCUT2D eigenvalue weighted by atomic mass is 9.97. The number of aliphatic carboxylic acids is 1. The Morgan fingerprint density at radius 3 is 2.32 bits per heavy atom. The Balaban J connectivity index is 2.22. The van der Waals surface area contributed by atoms with Crippen LogP contribution in [0.4, 0.5) is 0 Å². The smallest absolute Gasteiger partial charge is 0.307 e. The minimum atomic E-state index is -0.942. The predicted molar refractivity (Wildman–Crippen MR) is 67.2 cm³/mol. The first-order valence-corrected chi connectivity index (χ1v) is 6.44. The number of hydrogen-bond donors (Lipinski definition) is 2. The monoisotopic (exact) mass is 268 g/mol. The van der Waals surface area contributed by atoms with Crippen LogP contribution in [0.1, 0.15) is 27.7 Å². The molecule has 1 aliphatic carbocycles. The Morgan fingerprint density at radius 1 is 1.26 bits per heavy atom. The molecule has 106 valence electrons. The van der Waals surface area contributed by atoms with Gasteiger partial charge in [-0.05, 0) is 19.3 Å². The molecule has 1 saturated carbocycles. The van der Waals surface area contributed by atoms with Gasteiger partial charge in [0, 0.05) is 13.1 Å². The van der Waals surface area contributed by atoms with Crippen LogP contribution in [0.3, 0.4) is 0 Å². The topological polar surface area (TPSA) is 86.7 Å². The van der Waals surface area contributed by atoms with Crippen LogP contribution >= 0.6 is 0 Å². The summed E-state index contributed by atoms with van der Waals surface area (Å²) in [6.45, 7) is 7.78. The van der Waals surface area contributed by atoms with Gasteiger partial charge in [0.05, 0.1) is 11.8 Å². The molecule has 2 amide bonds. The minimum Gasteiger partial charge on any atom is -0.481 e. The van der Waals surface area contributed by atoms with Gasteiger partial charge in [0.15, 0.2) is 0 Å². The zero-order chi connectivity index (χ0) is 14.6. The van der Waals surface area contributed by atoms with Gasteiger partial charge < -0.3 is 15.3 Å². The first-order valence-electron chi connectivity index (χ1n) is 6.44. The SMILES string of the molecule is CC1(C)[C@H](C(=O)O)[C@@H]1C(=O)N1CCNC(=O)C1(C)C. The van der Waals surface area contributed by atoms with E-state index < -0.39 is 28.8 Å². The Hall–Kier alpha value is -1.59.